The summed E-state index contributed by atoms with van der Waals surface area (Å²) in [6.07, 6.45) is 10.3. The van der Waals surface area contributed by atoms with Gasteiger partial charge in [-0.15, -0.1) is 0 Å². The Hall–Kier alpha value is -1.66. The van der Waals surface area contributed by atoms with E-state index in [2.05, 4.69) is 41.8 Å². The van der Waals surface area contributed by atoms with Gasteiger partial charge in [-0.05, 0) is 49.2 Å². The van der Waals surface area contributed by atoms with Crippen LogP contribution in [0.1, 0.15) is 49.7 Å². The Bertz CT molecular complexity index is 740. The Morgan fingerprint density at radius 1 is 0.643 bits per heavy atom. The first-order valence-corrected chi connectivity index (χ1v) is 11.1. The molecule has 0 bridgehead atoms. The number of hydrogen-bond acceptors (Lipinski definition) is 4. The first-order valence-electron chi connectivity index (χ1n) is 9.53. The zero-order chi connectivity index (χ0) is 20.2. The van der Waals surface area contributed by atoms with Crippen LogP contribution in [0.25, 0.3) is 0 Å². The van der Waals surface area contributed by atoms with Gasteiger partial charge in [-0.2, -0.15) is 0 Å². The summed E-state index contributed by atoms with van der Waals surface area (Å²) in [5.41, 5.74) is 1.48. The Balaban J connectivity index is 1.51. The average molecular weight is 510 g/mol. The minimum atomic E-state index is 0.254. The molecule has 0 aliphatic carbocycles. The second-order valence-electron chi connectivity index (χ2n) is 6.60. The van der Waals surface area contributed by atoms with E-state index in [1.165, 1.54) is 12.8 Å². The van der Waals surface area contributed by atoms with Crippen molar-refractivity contribution in [2.24, 2.45) is 9.98 Å². The SMILES string of the molecule is Oc1ccc(Br)cc1C=NCCCCCCCCN=Cc1cc(Br)ccc1O. The molecule has 28 heavy (non-hydrogen) atoms. The van der Waals surface area contributed by atoms with Crippen molar-refractivity contribution in [2.75, 3.05) is 13.1 Å². The maximum atomic E-state index is 9.75. The molecule has 0 spiro atoms. The second-order valence-corrected chi connectivity index (χ2v) is 8.43. The summed E-state index contributed by atoms with van der Waals surface area (Å²) in [5, 5.41) is 19.5. The molecule has 0 heterocycles. The predicted octanol–water partition coefficient (Wildman–Crippen LogP) is 6.50. The lowest BCUT2D eigenvalue weighted by molar-refractivity contribution is 0.474. The summed E-state index contributed by atoms with van der Waals surface area (Å²) >= 11 is 6.79. The van der Waals surface area contributed by atoms with Crippen LogP contribution in [-0.2, 0) is 0 Å². The van der Waals surface area contributed by atoms with Gasteiger partial charge in [-0.3, -0.25) is 9.98 Å². The molecule has 0 aliphatic heterocycles. The number of aliphatic imine (C=N–C) groups is 2. The molecule has 0 saturated carbocycles. The van der Waals surface area contributed by atoms with Gasteiger partial charge in [0.15, 0.2) is 0 Å². The lowest BCUT2D eigenvalue weighted by Gasteiger charge is -2.01. The number of rotatable bonds is 11. The summed E-state index contributed by atoms with van der Waals surface area (Å²) in [5.74, 6) is 0.509. The van der Waals surface area contributed by atoms with Gasteiger partial charge in [0.25, 0.3) is 0 Å². The third kappa shape index (κ3) is 8.57. The number of benzene rings is 2. The number of nitrogens with zero attached hydrogens (tertiary/aromatic N) is 2. The Labute approximate surface area is 183 Å². The fraction of sp³-hybridized carbons (Fsp3) is 0.364. The van der Waals surface area contributed by atoms with Gasteiger partial charge < -0.3 is 10.2 Å². The van der Waals surface area contributed by atoms with Crippen LogP contribution in [0.4, 0.5) is 0 Å². The minimum absolute atomic E-state index is 0.254. The number of hydrogen-bond donors (Lipinski definition) is 2. The molecule has 0 fully saturated rings. The zero-order valence-electron chi connectivity index (χ0n) is 15.8. The predicted molar refractivity (Wildman–Crippen MR) is 124 cm³/mol. The molecule has 0 aliphatic rings. The first-order chi connectivity index (χ1) is 13.6. The molecule has 0 unspecified atom stereocenters. The highest BCUT2D eigenvalue weighted by Gasteiger charge is 1.99. The quantitative estimate of drug-likeness (QED) is 0.268. The van der Waals surface area contributed by atoms with Gasteiger partial charge in [-0.1, -0.05) is 57.5 Å². The molecule has 4 nitrogen and oxygen atoms in total. The largest absolute Gasteiger partial charge is 0.507 e. The number of phenolic OH excluding ortho intramolecular Hbond substituents is 2. The topological polar surface area (TPSA) is 65.2 Å². The lowest BCUT2D eigenvalue weighted by atomic mass is 10.1. The van der Waals surface area contributed by atoms with Crippen LogP contribution in [0.15, 0.2) is 55.3 Å². The third-order valence-corrected chi connectivity index (χ3v) is 5.25. The molecule has 0 saturated heterocycles. The highest BCUT2D eigenvalue weighted by Crippen LogP contribution is 2.21. The van der Waals surface area contributed by atoms with Crippen LogP contribution < -0.4 is 0 Å². The Morgan fingerprint density at radius 2 is 1.04 bits per heavy atom. The molecule has 6 heteroatoms. The van der Waals surface area contributed by atoms with Crippen molar-refractivity contribution in [1.29, 1.82) is 0 Å². The van der Waals surface area contributed by atoms with E-state index in [0.29, 0.717) is 0 Å². The van der Waals surface area contributed by atoms with E-state index in [0.717, 1.165) is 58.8 Å². The van der Waals surface area contributed by atoms with Crippen molar-refractivity contribution in [3.8, 4) is 11.5 Å². The van der Waals surface area contributed by atoms with E-state index in [4.69, 9.17) is 0 Å². The smallest absolute Gasteiger partial charge is 0.124 e. The van der Waals surface area contributed by atoms with Crippen molar-refractivity contribution in [1.82, 2.24) is 0 Å². The van der Waals surface area contributed by atoms with E-state index in [-0.39, 0.29) is 11.5 Å². The fourth-order valence-electron chi connectivity index (χ4n) is 2.70. The van der Waals surface area contributed by atoms with Gasteiger partial charge >= 0.3 is 0 Å². The summed E-state index contributed by atoms with van der Waals surface area (Å²) in [6, 6.07) is 10.7. The van der Waals surface area contributed by atoms with Gasteiger partial charge in [-0.25, -0.2) is 0 Å². The minimum Gasteiger partial charge on any atom is -0.507 e. The number of aromatic hydroxyl groups is 2. The Morgan fingerprint density at radius 3 is 1.46 bits per heavy atom. The van der Waals surface area contributed by atoms with E-state index in [1.807, 2.05) is 24.3 Å². The normalized spacial score (nSPS) is 11.6. The monoisotopic (exact) mass is 508 g/mol. The van der Waals surface area contributed by atoms with Crippen LogP contribution in [0, 0.1) is 0 Å². The summed E-state index contributed by atoms with van der Waals surface area (Å²) in [7, 11) is 0. The van der Waals surface area contributed by atoms with Gasteiger partial charge in [0.05, 0.1) is 0 Å². The highest BCUT2D eigenvalue weighted by molar-refractivity contribution is 9.10. The molecular formula is C22H26Br2N2O2. The molecule has 150 valence electrons. The van der Waals surface area contributed by atoms with E-state index >= 15 is 0 Å². The van der Waals surface area contributed by atoms with Crippen molar-refractivity contribution in [3.63, 3.8) is 0 Å². The fourth-order valence-corrected chi connectivity index (χ4v) is 3.45. The summed E-state index contributed by atoms with van der Waals surface area (Å²) in [6.45, 7) is 1.57. The molecule has 2 rings (SSSR count). The number of unbranched alkanes of at least 4 members (excludes halogenated alkanes) is 5. The van der Waals surface area contributed by atoms with Gasteiger partial charge in [0, 0.05) is 45.6 Å². The summed E-state index contributed by atoms with van der Waals surface area (Å²) in [4.78, 5) is 8.79. The first kappa shape index (κ1) is 22.6. The zero-order valence-corrected chi connectivity index (χ0v) is 19.0. The molecule has 2 aromatic rings. The lowest BCUT2D eigenvalue weighted by Crippen LogP contribution is -1.89. The van der Waals surface area contributed by atoms with E-state index in [9.17, 15) is 10.2 Å². The van der Waals surface area contributed by atoms with E-state index < -0.39 is 0 Å². The van der Waals surface area contributed by atoms with Crippen LogP contribution in [0.3, 0.4) is 0 Å². The molecular weight excluding hydrogens is 484 g/mol. The maximum Gasteiger partial charge on any atom is 0.124 e. The third-order valence-electron chi connectivity index (χ3n) is 4.26. The van der Waals surface area contributed by atoms with Crippen LogP contribution in [-0.4, -0.2) is 35.7 Å². The van der Waals surface area contributed by atoms with Gasteiger partial charge in [0.2, 0.25) is 0 Å². The molecule has 2 aromatic carbocycles. The summed E-state index contributed by atoms with van der Waals surface area (Å²) < 4.78 is 1.87. The van der Waals surface area contributed by atoms with Crippen molar-refractivity contribution in [3.05, 3.63) is 56.5 Å². The van der Waals surface area contributed by atoms with Gasteiger partial charge in [0.1, 0.15) is 11.5 Å². The number of halogens is 2. The molecule has 0 aromatic heterocycles. The molecule has 0 radical (unpaired) electrons. The van der Waals surface area contributed by atoms with Crippen molar-refractivity contribution >= 4 is 44.3 Å². The standard InChI is InChI=1S/C22H26Br2N2O2/c23-19-7-9-21(27)17(13-19)15-25-11-5-3-1-2-4-6-12-26-16-18-14-20(24)8-10-22(18)28/h7-10,13-16,27-28H,1-6,11-12H2. The second kappa shape index (κ2) is 12.7. The van der Waals surface area contributed by atoms with Crippen LogP contribution >= 0.6 is 31.9 Å². The molecule has 2 N–H and O–H groups in total. The van der Waals surface area contributed by atoms with E-state index in [1.54, 1.807) is 24.6 Å². The van der Waals surface area contributed by atoms with Crippen LogP contribution in [0.5, 0.6) is 11.5 Å². The average Bonchev–Trinajstić information content (AvgIpc) is 2.67. The maximum absolute atomic E-state index is 9.75. The van der Waals surface area contributed by atoms with Crippen molar-refractivity contribution in [2.45, 2.75) is 38.5 Å². The Kier molecular flexibility index (Phi) is 10.3. The van der Waals surface area contributed by atoms with Crippen molar-refractivity contribution < 1.29 is 10.2 Å². The van der Waals surface area contributed by atoms with Crippen LogP contribution in [0.2, 0.25) is 0 Å². The number of phenols is 2. The molecule has 0 atom stereocenters. The molecule has 0 amide bonds. The highest BCUT2D eigenvalue weighted by atomic mass is 79.9.